The summed E-state index contributed by atoms with van der Waals surface area (Å²) in [6.07, 6.45) is 0. The van der Waals surface area contributed by atoms with Crippen molar-refractivity contribution in [2.24, 2.45) is 0 Å². The molecule has 6 aromatic carbocycles. The van der Waals surface area contributed by atoms with Gasteiger partial charge in [-0.2, -0.15) is 0 Å². The van der Waals surface area contributed by atoms with Gasteiger partial charge in [-0.05, 0) is 41.5 Å². The molecule has 4 nitrogen and oxygen atoms in total. The number of para-hydroxylation sites is 1. The van der Waals surface area contributed by atoms with Crippen LogP contribution < -0.4 is 0 Å². The fourth-order valence-electron chi connectivity index (χ4n) is 6.09. The van der Waals surface area contributed by atoms with E-state index < -0.39 is 0 Å². The van der Waals surface area contributed by atoms with Gasteiger partial charge in [0.1, 0.15) is 11.2 Å². The van der Waals surface area contributed by atoms with E-state index in [1.165, 1.54) is 20.2 Å². The maximum atomic E-state index is 6.64. The van der Waals surface area contributed by atoms with E-state index in [9.17, 15) is 0 Å². The smallest absolute Gasteiger partial charge is 0.167 e. The molecule has 0 saturated carbocycles. The summed E-state index contributed by atoms with van der Waals surface area (Å²) >= 11 is 1.83. The molecule has 0 aliphatic rings. The first-order chi connectivity index (χ1) is 21.8. The quantitative estimate of drug-likeness (QED) is 0.207. The van der Waals surface area contributed by atoms with Crippen molar-refractivity contribution in [2.75, 3.05) is 0 Å². The van der Waals surface area contributed by atoms with E-state index in [4.69, 9.17) is 19.4 Å². The second-order valence-corrected chi connectivity index (χ2v) is 11.9. The number of aromatic nitrogens is 3. The number of benzene rings is 6. The van der Waals surface area contributed by atoms with Crippen molar-refractivity contribution in [3.63, 3.8) is 0 Å². The average Bonchev–Trinajstić information content (AvgIpc) is 3.67. The molecule has 0 N–H and O–H groups in total. The van der Waals surface area contributed by atoms with Crippen LogP contribution in [0.3, 0.4) is 0 Å². The maximum Gasteiger partial charge on any atom is 0.167 e. The first kappa shape index (κ1) is 24.9. The van der Waals surface area contributed by atoms with E-state index in [-0.39, 0.29) is 0 Å². The van der Waals surface area contributed by atoms with E-state index in [2.05, 4.69) is 66.7 Å². The van der Waals surface area contributed by atoms with E-state index in [0.29, 0.717) is 17.5 Å². The monoisotopic (exact) mass is 581 g/mol. The van der Waals surface area contributed by atoms with E-state index >= 15 is 0 Å². The van der Waals surface area contributed by atoms with Crippen molar-refractivity contribution < 1.29 is 4.42 Å². The van der Waals surface area contributed by atoms with Crippen LogP contribution in [0.25, 0.3) is 87.4 Å². The Morgan fingerprint density at radius 1 is 0.432 bits per heavy atom. The topological polar surface area (TPSA) is 51.8 Å². The Morgan fingerprint density at radius 3 is 1.82 bits per heavy atom. The van der Waals surface area contributed by atoms with Gasteiger partial charge in [-0.3, -0.25) is 0 Å². The summed E-state index contributed by atoms with van der Waals surface area (Å²) in [5.74, 6) is 1.83. The predicted octanol–water partition coefficient (Wildman–Crippen LogP) is 10.8. The molecule has 3 aromatic heterocycles. The lowest BCUT2D eigenvalue weighted by molar-refractivity contribution is 0.669. The lowest BCUT2D eigenvalue weighted by atomic mass is 9.97. The molecular formula is C39H23N3OS. The highest BCUT2D eigenvalue weighted by Crippen LogP contribution is 2.42. The SMILES string of the molecule is c1ccc(-c2nc(-c3ccccc3)nc(-c3cccc4c3oc3cccc(-c5ccc6sc7ccccc7c6c5)c34)n2)cc1. The third-order valence-corrected chi connectivity index (χ3v) is 9.30. The second-order valence-electron chi connectivity index (χ2n) is 10.8. The third-order valence-electron chi connectivity index (χ3n) is 8.15. The molecule has 0 radical (unpaired) electrons. The number of thiophene rings is 1. The van der Waals surface area contributed by atoms with Crippen LogP contribution >= 0.6 is 11.3 Å². The van der Waals surface area contributed by atoms with Gasteiger partial charge in [0.15, 0.2) is 17.5 Å². The van der Waals surface area contributed by atoms with Crippen LogP contribution in [0.4, 0.5) is 0 Å². The Labute approximate surface area is 256 Å². The summed E-state index contributed by atoms with van der Waals surface area (Å²) < 4.78 is 9.23. The van der Waals surface area contributed by atoms with Crippen molar-refractivity contribution in [1.29, 1.82) is 0 Å². The minimum absolute atomic E-state index is 0.579. The third kappa shape index (κ3) is 4.02. The van der Waals surface area contributed by atoms with Gasteiger partial charge >= 0.3 is 0 Å². The molecule has 9 aromatic rings. The van der Waals surface area contributed by atoms with Crippen molar-refractivity contribution in [2.45, 2.75) is 0 Å². The van der Waals surface area contributed by atoms with Gasteiger partial charge in [0.05, 0.1) is 5.56 Å². The van der Waals surface area contributed by atoms with Crippen LogP contribution in [0.15, 0.2) is 144 Å². The summed E-state index contributed by atoms with van der Waals surface area (Å²) in [4.78, 5) is 14.8. The Bertz CT molecular complexity index is 2440. The Morgan fingerprint density at radius 2 is 1.05 bits per heavy atom. The molecule has 0 amide bonds. The lowest BCUT2D eigenvalue weighted by Gasteiger charge is -2.08. The fraction of sp³-hybridized carbons (Fsp3) is 0. The Hall–Kier alpha value is -5.65. The zero-order valence-corrected chi connectivity index (χ0v) is 24.3. The average molecular weight is 582 g/mol. The highest BCUT2D eigenvalue weighted by atomic mass is 32.1. The summed E-state index contributed by atoms with van der Waals surface area (Å²) in [6, 6.07) is 48.0. The fourth-order valence-corrected chi connectivity index (χ4v) is 7.17. The van der Waals surface area contributed by atoms with Crippen molar-refractivity contribution >= 4 is 53.4 Å². The molecular weight excluding hydrogens is 559 g/mol. The number of furan rings is 1. The highest BCUT2D eigenvalue weighted by molar-refractivity contribution is 7.25. The molecule has 0 spiro atoms. The minimum atomic E-state index is 0.579. The molecule has 44 heavy (non-hydrogen) atoms. The number of hydrogen-bond donors (Lipinski definition) is 0. The van der Waals surface area contributed by atoms with Gasteiger partial charge in [-0.15, -0.1) is 11.3 Å². The number of rotatable bonds is 4. The van der Waals surface area contributed by atoms with Crippen LogP contribution in [0.2, 0.25) is 0 Å². The normalized spacial score (nSPS) is 11.6. The number of hydrogen-bond acceptors (Lipinski definition) is 5. The molecule has 0 aliphatic heterocycles. The molecule has 0 fully saturated rings. The predicted molar refractivity (Wildman–Crippen MR) is 182 cm³/mol. The summed E-state index contributed by atoms with van der Waals surface area (Å²) in [5, 5.41) is 4.69. The summed E-state index contributed by atoms with van der Waals surface area (Å²) in [7, 11) is 0. The Balaban J connectivity index is 1.27. The first-order valence-corrected chi connectivity index (χ1v) is 15.3. The molecule has 0 atom stereocenters. The number of fused-ring (bicyclic) bond motifs is 6. The lowest BCUT2D eigenvalue weighted by Crippen LogP contribution is -2.00. The van der Waals surface area contributed by atoms with Gasteiger partial charge in [0, 0.05) is 42.1 Å². The molecule has 206 valence electrons. The van der Waals surface area contributed by atoms with E-state index in [1.807, 2.05) is 84.1 Å². The molecule has 0 saturated heterocycles. The molecule has 5 heteroatoms. The molecule has 3 heterocycles. The van der Waals surface area contributed by atoms with Gasteiger partial charge < -0.3 is 4.42 Å². The zero-order valence-electron chi connectivity index (χ0n) is 23.4. The van der Waals surface area contributed by atoms with Gasteiger partial charge in [-0.1, -0.05) is 109 Å². The van der Waals surface area contributed by atoms with Crippen LogP contribution in [-0.4, -0.2) is 15.0 Å². The highest BCUT2D eigenvalue weighted by Gasteiger charge is 2.19. The van der Waals surface area contributed by atoms with Crippen molar-refractivity contribution in [3.05, 3.63) is 140 Å². The molecule has 0 aliphatic carbocycles. The standard InChI is InChI=1S/C39H23N3OS/c1-3-11-24(12-4-1)37-40-38(25-13-5-2-6-14-25)42-39(41-37)30-18-9-17-29-35-27(16-10-19-32(35)43-36(29)30)26-21-22-34-31(23-26)28-15-7-8-20-33(28)44-34/h1-23H. The van der Waals surface area contributed by atoms with E-state index in [1.54, 1.807) is 0 Å². The van der Waals surface area contributed by atoms with Crippen LogP contribution in [0.5, 0.6) is 0 Å². The number of nitrogens with zero attached hydrogens (tertiary/aromatic N) is 3. The zero-order chi connectivity index (χ0) is 29.0. The van der Waals surface area contributed by atoms with Crippen LogP contribution in [0.1, 0.15) is 0 Å². The van der Waals surface area contributed by atoms with Crippen LogP contribution in [-0.2, 0) is 0 Å². The van der Waals surface area contributed by atoms with Gasteiger partial charge in [0.25, 0.3) is 0 Å². The largest absolute Gasteiger partial charge is 0.455 e. The second kappa shape index (κ2) is 9.97. The molecule has 9 rings (SSSR count). The van der Waals surface area contributed by atoms with E-state index in [0.717, 1.165) is 49.8 Å². The summed E-state index contributed by atoms with van der Waals surface area (Å²) in [5.41, 5.74) is 6.61. The van der Waals surface area contributed by atoms with Gasteiger partial charge in [0.2, 0.25) is 0 Å². The Kier molecular flexibility index (Phi) is 5.64. The molecule has 0 bridgehead atoms. The van der Waals surface area contributed by atoms with Gasteiger partial charge in [-0.25, -0.2) is 15.0 Å². The molecule has 0 unspecified atom stereocenters. The van der Waals surface area contributed by atoms with Crippen molar-refractivity contribution in [1.82, 2.24) is 15.0 Å². The van der Waals surface area contributed by atoms with Crippen molar-refractivity contribution in [3.8, 4) is 45.3 Å². The maximum absolute atomic E-state index is 6.64. The first-order valence-electron chi connectivity index (χ1n) is 14.5. The van der Waals surface area contributed by atoms with Crippen LogP contribution in [0, 0.1) is 0 Å². The minimum Gasteiger partial charge on any atom is -0.455 e. The summed E-state index contributed by atoms with van der Waals surface area (Å²) in [6.45, 7) is 0.